The summed E-state index contributed by atoms with van der Waals surface area (Å²) in [5, 5.41) is 6.14. The first-order valence-electron chi connectivity index (χ1n) is 9.40. The van der Waals surface area contributed by atoms with E-state index in [4.69, 9.17) is 0 Å². The molecule has 1 aromatic rings. The zero-order valence-corrected chi connectivity index (χ0v) is 14.4. The van der Waals surface area contributed by atoms with E-state index in [1.54, 1.807) is 0 Å². The lowest BCUT2D eigenvalue weighted by Gasteiger charge is -2.20. The Hall–Kier alpha value is -1.84. The average molecular weight is 328 g/mol. The topological polar surface area (TPSA) is 58.2 Å². The molecule has 0 aromatic heterocycles. The molecule has 2 amide bonds. The lowest BCUT2D eigenvalue weighted by Crippen LogP contribution is -2.32. The van der Waals surface area contributed by atoms with Crippen molar-refractivity contribution in [2.75, 3.05) is 0 Å². The monoisotopic (exact) mass is 328 g/mol. The maximum absolute atomic E-state index is 12.2. The summed E-state index contributed by atoms with van der Waals surface area (Å²) in [6.45, 7) is 0.542. The Bertz CT molecular complexity index is 556. The van der Waals surface area contributed by atoms with Gasteiger partial charge in [0.2, 0.25) is 5.91 Å². The second-order valence-corrected chi connectivity index (χ2v) is 7.20. The second-order valence-electron chi connectivity index (χ2n) is 7.20. The van der Waals surface area contributed by atoms with Crippen LogP contribution in [0.25, 0.3) is 0 Å². The maximum Gasteiger partial charge on any atom is 0.251 e. The van der Waals surface area contributed by atoms with Gasteiger partial charge < -0.3 is 10.6 Å². The molecule has 2 fully saturated rings. The third-order valence-corrected chi connectivity index (χ3v) is 5.35. The molecule has 2 aliphatic carbocycles. The van der Waals surface area contributed by atoms with Crippen LogP contribution in [0.5, 0.6) is 0 Å². The Morgan fingerprint density at radius 2 is 1.50 bits per heavy atom. The fourth-order valence-electron chi connectivity index (χ4n) is 3.81. The number of carbonyl (C=O) groups excluding carboxylic acids is 2. The van der Waals surface area contributed by atoms with Gasteiger partial charge >= 0.3 is 0 Å². The minimum absolute atomic E-state index is 0.0136. The van der Waals surface area contributed by atoms with Gasteiger partial charge in [-0.3, -0.25) is 9.59 Å². The van der Waals surface area contributed by atoms with Gasteiger partial charge in [-0.1, -0.05) is 44.2 Å². The van der Waals surface area contributed by atoms with Gasteiger partial charge in [-0.15, -0.1) is 0 Å². The van der Waals surface area contributed by atoms with Gasteiger partial charge in [-0.2, -0.15) is 0 Å². The highest BCUT2D eigenvalue weighted by molar-refractivity contribution is 5.94. The van der Waals surface area contributed by atoms with Crippen molar-refractivity contribution in [3.8, 4) is 0 Å². The number of amides is 2. The van der Waals surface area contributed by atoms with Crippen LogP contribution < -0.4 is 10.6 Å². The first-order valence-corrected chi connectivity index (χ1v) is 9.40. The Morgan fingerprint density at radius 3 is 2.17 bits per heavy atom. The summed E-state index contributed by atoms with van der Waals surface area (Å²) in [7, 11) is 0. The highest BCUT2D eigenvalue weighted by Crippen LogP contribution is 2.23. The van der Waals surface area contributed by atoms with Crippen LogP contribution in [0, 0.1) is 5.92 Å². The summed E-state index contributed by atoms with van der Waals surface area (Å²) < 4.78 is 0. The van der Waals surface area contributed by atoms with Gasteiger partial charge in [0.15, 0.2) is 0 Å². The Balaban J connectivity index is 1.47. The smallest absolute Gasteiger partial charge is 0.251 e. The molecule has 4 heteroatoms. The van der Waals surface area contributed by atoms with Crippen molar-refractivity contribution in [3.05, 3.63) is 35.4 Å². The standard InChI is InChI=1S/C20H28N2O2/c23-19(16-6-2-1-3-7-16)21-14-15-10-12-17(13-11-15)20(24)22-18-8-4-5-9-18/h10-13,16,18H,1-9,14H2,(H,21,23)(H,22,24). The highest BCUT2D eigenvalue weighted by Gasteiger charge is 2.21. The predicted octanol–water partition coefficient (Wildman–Crippen LogP) is 3.56. The van der Waals surface area contributed by atoms with Crippen LogP contribution in [-0.2, 0) is 11.3 Å². The van der Waals surface area contributed by atoms with Crippen LogP contribution in [0.2, 0.25) is 0 Å². The van der Waals surface area contributed by atoms with Gasteiger partial charge in [0.1, 0.15) is 0 Å². The molecule has 3 rings (SSSR count). The van der Waals surface area contributed by atoms with Crippen LogP contribution in [0.3, 0.4) is 0 Å². The van der Waals surface area contributed by atoms with Crippen molar-refractivity contribution >= 4 is 11.8 Å². The van der Waals surface area contributed by atoms with Crippen molar-refractivity contribution in [1.29, 1.82) is 0 Å². The normalized spacial score (nSPS) is 19.2. The van der Waals surface area contributed by atoms with Crippen LogP contribution in [0.1, 0.15) is 73.7 Å². The second kappa shape index (κ2) is 8.32. The summed E-state index contributed by atoms with van der Waals surface area (Å²) in [6, 6.07) is 7.92. The molecule has 2 aliphatic rings. The third-order valence-electron chi connectivity index (χ3n) is 5.35. The molecule has 0 bridgehead atoms. The van der Waals surface area contributed by atoms with E-state index in [1.165, 1.54) is 32.1 Å². The van der Waals surface area contributed by atoms with Crippen molar-refractivity contribution in [2.45, 2.75) is 70.4 Å². The average Bonchev–Trinajstić information content (AvgIpc) is 3.14. The quantitative estimate of drug-likeness (QED) is 0.868. The predicted molar refractivity (Wildman–Crippen MR) is 94.6 cm³/mol. The summed E-state index contributed by atoms with van der Waals surface area (Å²) in [4.78, 5) is 24.4. The summed E-state index contributed by atoms with van der Waals surface area (Å²) in [6.07, 6.45) is 10.3. The fourth-order valence-corrected chi connectivity index (χ4v) is 3.81. The van der Waals surface area contributed by atoms with E-state index >= 15 is 0 Å². The van der Waals surface area contributed by atoms with Gasteiger partial charge in [0.05, 0.1) is 0 Å². The van der Waals surface area contributed by atoms with Crippen LogP contribution in [0.15, 0.2) is 24.3 Å². The van der Waals surface area contributed by atoms with Crippen molar-refractivity contribution in [1.82, 2.24) is 10.6 Å². The summed E-state index contributed by atoms with van der Waals surface area (Å²) >= 11 is 0. The zero-order chi connectivity index (χ0) is 16.8. The molecule has 0 atom stereocenters. The lowest BCUT2D eigenvalue weighted by atomic mass is 9.88. The molecule has 1 aromatic carbocycles. The number of rotatable bonds is 5. The van der Waals surface area contributed by atoms with E-state index < -0.39 is 0 Å². The Labute approximate surface area is 144 Å². The number of hydrogen-bond acceptors (Lipinski definition) is 2. The molecule has 0 unspecified atom stereocenters. The largest absolute Gasteiger partial charge is 0.352 e. The first-order chi connectivity index (χ1) is 11.7. The van der Waals surface area contributed by atoms with E-state index in [-0.39, 0.29) is 17.7 Å². The van der Waals surface area contributed by atoms with Crippen LogP contribution >= 0.6 is 0 Å². The van der Waals surface area contributed by atoms with Gasteiger partial charge in [0, 0.05) is 24.1 Å². The van der Waals surface area contributed by atoms with Crippen molar-refractivity contribution < 1.29 is 9.59 Å². The molecule has 0 radical (unpaired) electrons. The first kappa shape index (κ1) is 17.0. The number of hydrogen-bond donors (Lipinski definition) is 2. The molecule has 24 heavy (non-hydrogen) atoms. The van der Waals surface area contributed by atoms with Crippen LogP contribution in [-0.4, -0.2) is 17.9 Å². The number of nitrogens with one attached hydrogen (secondary N) is 2. The SMILES string of the molecule is O=C(NC1CCCC1)c1ccc(CNC(=O)C2CCCCC2)cc1. The van der Waals surface area contributed by atoms with E-state index in [2.05, 4.69) is 10.6 Å². The Kier molecular flexibility index (Phi) is 5.89. The molecule has 130 valence electrons. The molecular formula is C20H28N2O2. The summed E-state index contributed by atoms with van der Waals surface area (Å²) in [5.41, 5.74) is 1.74. The highest BCUT2D eigenvalue weighted by atomic mass is 16.2. The minimum Gasteiger partial charge on any atom is -0.352 e. The van der Waals surface area contributed by atoms with E-state index in [0.29, 0.717) is 18.2 Å². The maximum atomic E-state index is 12.2. The number of benzene rings is 1. The van der Waals surface area contributed by atoms with E-state index in [9.17, 15) is 9.59 Å². The van der Waals surface area contributed by atoms with E-state index in [1.807, 2.05) is 24.3 Å². The lowest BCUT2D eigenvalue weighted by molar-refractivity contribution is -0.126. The van der Waals surface area contributed by atoms with Gasteiger partial charge in [-0.25, -0.2) is 0 Å². The number of carbonyl (C=O) groups is 2. The van der Waals surface area contributed by atoms with E-state index in [0.717, 1.165) is 31.2 Å². The van der Waals surface area contributed by atoms with Crippen molar-refractivity contribution in [3.63, 3.8) is 0 Å². The summed E-state index contributed by atoms with van der Waals surface area (Å²) in [5.74, 6) is 0.382. The molecule has 0 heterocycles. The van der Waals surface area contributed by atoms with Crippen molar-refractivity contribution in [2.24, 2.45) is 5.92 Å². The molecule has 0 saturated heterocycles. The van der Waals surface area contributed by atoms with Gasteiger partial charge in [-0.05, 0) is 43.4 Å². The third kappa shape index (κ3) is 4.59. The fraction of sp³-hybridized carbons (Fsp3) is 0.600. The van der Waals surface area contributed by atoms with Crippen LogP contribution in [0.4, 0.5) is 0 Å². The Morgan fingerprint density at radius 1 is 0.875 bits per heavy atom. The zero-order valence-electron chi connectivity index (χ0n) is 14.4. The molecule has 0 spiro atoms. The molecule has 2 N–H and O–H groups in total. The molecule has 2 saturated carbocycles. The minimum atomic E-state index is 0.0136. The molecule has 0 aliphatic heterocycles. The van der Waals surface area contributed by atoms with Gasteiger partial charge in [0.25, 0.3) is 5.91 Å². The molecule has 4 nitrogen and oxygen atoms in total. The molecular weight excluding hydrogens is 300 g/mol.